The van der Waals surface area contributed by atoms with Crippen molar-refractivity contribution in [1.82, 2.24) is 5.32 Å². The van der Waals surface area contributed by atoms with Gasteiger partial charge < -0.3 is 5.32 Å². The van der Waals surface area contributed by atoms with Crippen molar-refractivity contribution in [2.24, 2.45) is 33.7 Å². The minimum Gasteiger partial charge on any atom is -0.328 e. The zero-order valence-electron chi connectivity index (χ0n) is 31.6. The number of nitrogens with one attached hydrogen (secondary N) is 1. The van der Waals surface area contributed by atoms with Crippen LogP contribution in [0.2, 0.25) is 0 Å². The topological polar surface area (TPSA) is 60.5 Å². The van der Waals surface area contributed by atoms with E-state index in [0.29, 0.717) is 5.92 Å². The molecule has 6 atom stereocenters. The second-order valence-corrected chi connectivity index (χ2v) is 16.0. The van der Waals surface area contributed by atoms with Crippen LogP contribution in [-0.2, 0) is 5.41 Å². The number of rotatable bonds is 8. The molecule has 272 valence electrons. The van der Waals surface area contributed by atoms with E-state index in [0.717, 1.165) is 34.8 Å². The van der Waals surface area contributed by atoms with Crippen molar-refractivity contribution in [1.29, 1.82) is 5.26 Å². The van der Waals surface area contributed by atoms with Crippen molar-refractivity contribution < 1.29 is 0 Å². The third-order valence-electron chi connectivity index (χ3n) is 12.9. The zero-order chi connectivity index (χ0) is 37.4. The third-order valence-corrected chi connectivity index (χ3v) is 12.9. The van der Waals surface area contributed by atoms with Crippen LogP contribution in [0.1, 0.15) is 90.9 Å². The molecular weight excluding hydrogens is 669 g/mol. The summed E-state index contributed by atoms with van der Waals surface area (Å²) < 4.78 is 0. The highest BCUT2D eigenvalue weighted by Gasteiger charge is 2.52. The highest BCUT2D eigenvalue weighted by molar-refractivity contribution is 6.11. The number of amidine groups is 2. The van der Waals surface area contributed by atoms with E-state index in [2.05, 4.69) is 146 Å². The van der Waals surface area contributed by atoms with E-state index >= 15 is 0 Å². The van der Waals surface area contributed by atoms with Crippen LogP contribution in [0.25, 0.3) is 5.57 Å². The van der Waals surface area contributed by atoms with Gasteiger partial charge in [-0.05, 0) is 59.2 Å². The number of aliphatic imine (C=N–C) groups is 2. The van der Waals surface area contributed by atoms with Crippen LogP contribution in [-0.4, -0.2) is 11.7 Å². The number of hydrogen-bond acceptors (Lipinski definition) is 4. The maximum absolute atomic E-state index is 9.89. The molecule has 55 heavy (non-hydrogen) atoms. The van der Waals surface area contributed by atoms with Gasteiger partial charge in [-0.3, -0.25) is 0 Å². The van der Waals surface area contributed by atoms with Gasteiger partial charge in [0.15, 0.2) is 6.17 Å². The molecule has 1 spiro atoms. The molecule has 1 aliphatic heterocycles. The van der Waals surface area contributed by atoms with E-state index in [1.54, 1.807) is 5.57 Å². The van der Waals surface area contributed by atoms with Crippen LogP contribution in [0.15, 0.2) is 173 Å². The van der Waals surface area contributed by atoms with Gasteiger partial charge in [0.1, 0.15) is 11.7 Å². The Balaban J connectivity index is 1.03. The minimum absolute atomic E-state index is 0.0552. The van der Waals surface area contributed by atoms with Crippen LogP contribution in [0, 0.1) is 35.0 Å². The summed E-state index contributed by atoms with van der Waals surface area (Å²) >= 11 is 0. The first-order chi connectivity index (χ1) is 27.1. The Morgan fingerprint density at radius 1 is 0.855 bits per heavy atom. The molecule has 6 aliphatic rings. The summed E-state index contributed by atoms with van der Waals surface area (Å²) in [4.78, 5) is 10.2. The first kappa shape index (κ1) is 34.9. The maximum atomic E-state index is 9.89. The molecule has 1 saturated carbocycles. The lowest BCUT2D eigenvalue weighted by molar-refractivity contribution is 0.336. The smallest absolute Gasteiger partial charge is 0.169 e. The highest BCUT2D eigenvalue weighted by Crippen LogP contribution is 2.62. The second-order valence-electron chi connectivity index (χ2n) is 16.0. The van der Waals surface area contributed by atoms with Crippen LogP contribution in [0.4, 0.5) is 0 Å². The monoisotopic (exact) mass is 716 g/mol. The molecule has 4 nitrogen and oxygen atoms in total. The molecular formula is C51H48N4. The van der Waals surface area contributed by atoms with Crippen molar-refractivity contribution in [3.63, 3.8) is 0 Å². The summed E-state index contributed by atoms with van der Waals surface area (Å²) in [6.07, 6.45) is 34.0. The summed E-state index contributed by atoms with van der Waals surface area (Å²) in [6.45, 7) is 6.03. The average Bonchev–Trinajstić information content (AvgIpc) is 3.51. The average molecular weight is 717 g/mol. The maximum Gasteiger partial charge on any atom is 0.169 e. The number of nitrogens with zero attached hydrogens (tertiary/aromatic N) is 3. The Labute approximate surface area is 326 Å². The molecule has 3 aromatic rings. The Hall–Kier alpha value is -5.79. The quantitative estimate of drug-likeness (QED) is 0.236. The SMILES string of the molecule is C=C/C=C\CC(C)C1=NC(c2ccccc2)N=C(c2ccc(C3=CC=C(C4C=CC=C5C4c4ccc(C#N)cc4C54CCCCC4)C4C=CC=CC34)cc2)N1. The van der Waals surface area contributed by atoms with Gasteiger partial charge in [0, 0.05) is 40.6 Å². The van der Waals surface area contributed by atoms with Gasteiger partial charge in [-0.25, -0.2) is 9.98 Å². The summed E-state index contributed by atoms with van der Waals surface area (Å²) in [7, 11) is 0. The number of nitriles is 1. The number of hydrogen-bond donors (Lipinski definition) is 1. The molecule has 0 saturated heterocycles. The molecule has 1 N–H and O–H groups in total. The van der Waals surface area contributed by atoms with Gasteiger partial charge in [-0.15, -0.1) is 0 Å². The van der Waals surface area contributed by atoms with E-state index in [-0.39, 0.29) is 35.3 Å². The first-order valence-corrected chi connectivity index (χ1v) is 20.1. The molecule has 1 fully saturated rings. The third kappa shape index (κ3) is 6.26. The fraction of sp³-hybridized carbons (Fsp3) is 0.275. The van der Waals surface area contributed by atoms with E-state index in [9.17, 15) is 5.26 Å². The minimum atomic E-state index is -0.292. The molecule has 0 aromatic heterocycles. The van der Waals surface area contributed by atoms with E-state index in [1.165, 1.54) is 59.9 Å². The molecule has 9 rings (SSSR count). The van der Waals surface area contributed by atoms with Gasteiger partial charge in [0.2, 0.25) is 0 Å². The summed E-state index contributed by atoms with van der Waals surface area (Å²) in [5.74, 6) is 3.11. The summed E-state index contributed by atoms with van der Waals surface area (Å²) in [6, 6.07) is 28.3. The van der Waals surface area contributed by atoms with Gasteiger partial charge in [0.05, 0.1) is 11.6 Å². The van der Waals surface area contributed by atoms with Gasteiger partial charge in [0.25, 0.3) is 0 Å². The number of benzene rings is 3. The highest BCUT2D eigenvalue weighted by atomic mass is 15.2. The predicted molar refractivity (Wildman–Crippen MR) is 227 cm³/mol. The molecule has 0 amide bonds. The Morgan fingerprint density at radius 2 is 1.62 bits per heavy atom. The fourth-order valence-electron chi connectivity index (χ4n) is 10.2. The van der Waals surface area contributed by atoms with E-state index in [1.807, 2.05) is 24.3 Å². The standard InChI is InChI=1S/C51H48N4/c1-3-4-7-15-34(2)48-53-49(37-16-8-5-9-17-37)55-50(54-48)38-25-23-36(24-26-38)39-28-29-42(41-19-11-10-18-40(39)41)43-20-14-21-45-47(43)44-27-22-35(33-52)32-46(44)51(45)30-12-6-13-31-51/h3-5,7-11,14,16-29,32,34,40-41,43,47,49H,1,6,12-13,15,30-31H2,2H3,(H,53,54,55)/b7-4-. The van der Waals surface area contributed by atoms with E-state index in [4.69, 9.17) is 9.98 Å². The van der Waals surface area contributed by atoms with Crippen LogP contribution in [0.3, 0.4) is 0 Å². The van der Waals surface area contributed by atoms with Crippen LogP contribution in [0.5, 0.6) is 0 Å². The normalized spacial score (nSPS) is 26.3. The van der Waals surface area contributed by atoms with Crippen molar-refractivity contribution in [2.45, 2.75) is 62.9 Å². The van der Waals surface area contributed by atoms with Gasteiger partial charge in [-0.1, -0.05) is 177 Å². The summed E-state index contributed by atoms with van der Waals surface area (Å²) in [5.41, 5.74) is 11.5. The van der Waals surface area contributed by atoms with Crippen molar-refractivity contribution in [2.75, 3.05) is 0 Å². The molecule has 6 unspecified atom stereocenters. The molecule has 0 bridgehead atoms. The lowest BCUT2D eigenvalue weighted by Crippen LogP contribution is -2.39. The van der Waals surface area contributed by atoms with Crippen LogP contribution < -0.4 is 5.32 Å². The lowest BCUT2D eigenvalue weighted by atomic mass is 9.62. The van der Waals surface area contributed by atoms with Crippen molar-refractivity contribution in [3.8, 4) is 6.07 Å². The molecule has 1 heterocycles. The zero-order valence-corrected chi connectivity index (χ0v) is 31.6. The first-order valence-electron chi connectivity index (χ1n) is 20.1. The molecule has 3 aromatic carbocycles. The largest absolute Gasteiger partial charge is 0.328 e. The second kappa shape index (κ2) is 14.8. The Morgan fingerprint density at radius 3 is 2.40 bits per heavy atom. The van der Waals surface area contributed by atoms with Crippen molar-refractivity contribution >= 4 is 17.2 Å². The number of allylic oxidation sites excluding steroid dienone is 15. The molecule has 0 radical (unpaired) electrons. The molecule has 5 aliphatic carbocycles. The van der Waals surface area contributed by atoms with E-state index < -0.39 is 0 Å². The fourth-order valence-corrected chi connectivity index (χ4v) is 10.2. The number of fused-ring (bicyclic) bond motifs is 6. The Kier molecular flexibility index (Phi) is 9.40. The van der Waals surface area contributed by atoms with Gasteiger partial charge >= 0.3 is 0 Å². The predicted octanol–water partition coefficient (Wildman–Crippen LogP) is 11.6. The summed E-state index contributed by atoms with van der Waals surface area (Å²) in [5, 5.41) is 13.5. The van der Waals surface area contributed by atoms with Crippen molar-refractivity contribution in [3.05, 3.63) is 197 Å². The molecule has 4 heteroatoms. The Bertz CT molecular complexity index is 2310. The van der Waals surface area contributed by atoms with Crippen LogP contribution >= 0.6 is 0 Å². The van der Waals surface area contributed by atoms with Gasteiger partial charge in [-0.2, -0.15) is 5.26 Å². The lowest BCUT2D eigenvalue weighted by Gasteiger charge is -2.41.